The number of sulfone groups is 1. The van der Waals surface area contributed by atoms with Crippen LogP contribution in [-0.2, 0) is 21.3 Å². The Morgan fingerprint density at radius 3 is 2.11 bits per heavy atom. The molecule has 2 rings (SSSR count). The van der Waals surface area contributed by atoms with E-state index in [-0.39, 0.29) is 11.5 Å². The Morgan fingerprint density at radius 1 is 0.947 bits per heavy atom. The van der Waals surface area contributed by atoms with Crippen LogP contribution < -0.4 is 0 Å². The van der Waals surface area contributed by atoms with E-state index in [2.05, 4.69) is 0 Å². The van der Waals surface area contributed by atoms with Crippen LogP contribution in [0.4, 0.5) is 4.39 Å². The molecule has 0 saturated carbocycles. The molecule has 0 aliphatic heterocycles. The minimum absolute atomic E-state index is 0.107. The summed E-state index contributed by atoms with van der Waals surface area (Å²) in [4.78, 5) is 0. The topological polar surface area (TPSA) is 34.1 Å². The van der Waals surface area contributed by atoms with Crippen LogP contribution in [0.15, 0.2) is 48.5 Å². The fourth-order valence-electron chi connectivity index (χ4n) is 1.81. The summed E-state index contributed by atoms with van der Waals surface area (Å²) in [7, 11) is -3.35. The van der Waals surface area contributed by atoms with Gasteiger partial charge in [-0.1, -0.05) is 35.9 Å². The van der Waals surface area contributed by atoms with E-state index >= 15 is 0 Å². The minimum atomic E-state index is -3.35. The number of hydrogen-bond acceptors (Lipinski definition) is 2. The van der Waals surface area contributed by atoms with Crippen molar-refractivity contribution in [2.45, 2.75) is 11.5 Å². The highest BCUT2D eigenvalue weighted by Gasteiger charge is 2.13. The third kappa shape index (κ3) is 4.33. The molecule has 2 aromatic rings. The number of rotatable bonds is 4. The van der Waals surface area contributed by atoms with E-state index in [1.54, 1.807) is 30.3 Å². The highest BCUT2D eigenvalue weighted by Crippen LogP contribution is 2.16. The van der Waals surface area contributed by atoms with Gasteiger partial charge in [-0.25, -0.2) is 12.8 Å². The second-order valence-corrected chi connectivity index (χ2v) is 6.79. The van der Waals surface area contributed by atoms with Crippen LogP contribution in [0, 0.1) is 5.82 Å². The van der Waals surface area contributed by atoms with E-state index in [0.717, 1.165) is 0 Å². The lowest BCUT2D eigenvalue weighted by Crippen LogP contribution is -2.07. The molecule has 0 fully saturated rings. The van der Waals surface area contributed by atoms with Crippen LogP contribution in [0.5, 0.6) is 0 Å². The Morgan fingerprint density at radius 2 is 1.53 bits per heavy atom. The molecule has 0 aliphatic rings. The number of hydrogen-bond donors (Lipinski definition) is 0. The van der Waals surface area contributed by atoms with Gasteiger partial charge in [-0.05, 0) is 35.4 Å². The van der Waals surface area contributed by atoms with Gasteiger partial charge in [-0.15, -0.1) is 0 Å². The van der Waals surface area contributed by atoms with Gasteiger partial charge in [0, 0.05) is 5.02 Å². The standard InChI is InChI=1S/C14H12ClFO2S/c15-13-5-1-3-11(7-13)9-19(17,18)10-12-4-2-6-14(16)8-12/h1-8H,9-10H2. The van der Waals surface area contributed by atoms with Gasteiger partial charge in [0.2, 0.25) is 0 Å². The normalized spacial score (nSPS) is 11.5. The van der Waals surface area contributed by atoms with Crippen LogP contribution >= 0.6 is 11.6 Å². The van der Waals surface area contributed by atoms with E-state index in [9.17, 15) is 12.8 Å². The largest absolute Gasteiger partial charge is 0.228 e. The Balaban J connectivity index is 2.15. The highest BCUT2D eigenvalue weighted by atomic mass is 35.5. The third-order valence-electron chi connectivity index (χ3n) is 2.55. The molecule has 19 heavy (non-hydrogen) atoms. The summed E-state index contributed by atoms with van der Waals surface area (Å²) in [6, 6.07) is 12.3. The van der Waals surface area contributed by atoms with Crippen molar-refractivity contribution in [2.75, 3.05) is 0 Å². The van der Waals surface area contributed by atoms with Crippen molar-refractivity contribution in [3.05, 3.63) is 70.5 Å². The maximum absolute atomic E-state index is 13.0. The van der Waals surface area contributed by atoms with Gasteiger partial charge in [0.05, 0.1) is 11.5 Å². The summed E-state index contributed by atoms with van der Waals surface area (Å²) in [5.74, 6) is -0.725. The highest BCUT2D eigenvalue weighted by molar-refractivity contribution is 7.89. The summed E-state index contributed by atoms with van der Waals surface area (Å²) in [6.45, 7) is 0. The average Bonchev–Trinajstić information content (AvgIpc) is 2.27. The molecule has 0 aromatic heterocycles. The van der Waals surface area contributed by atoms with E-state index in [4.69, 9.17) is 11.6 Å². The monoisotopic (exact) mass is 298 g/mol. The molecular formula is C14H12ClFO2S. The van der Waals surface area contributed by atoms with Crippen LogP contribution in [0.25, 0.3) is 0 Å². The molecule has 2 aromatic carbocycles. The number of halogens is 2. The first-order valence-electron chi connectivity index (χ1n) is 5.64. The summed E-state index contributed by atoms with van der Waals surface area (Å²) in [6.07, 6.45) is 0. The molecule has 0 bridgehead atoms. The quantitative estimate of drug-likeness (QED) is 0.864. The molecule has 0 saturated heterocycles. The summed E-state index contributed by atoms with van der Waals surface area (Å²) < 4.78 is 37.1. The molecular weight excluding hydrogens is 287 g/mol. The van der Waals surface area contributed by atoms with E-state index in [1.807, 2.05) is 0 Å². The lowest BCUT2D eigenvalue weighted by molar-refractivity contribution is 0.594. The van der Waals surface area contributed by atoms with Crippen molar-refractivity contribution < 1.29 is 12.8 Å². The lowest BCUT2D eigenvalue weighted by Gasteiger charge is -2.05. The molecule has 2 nitrogen and oxygen atoms in total. The van der Waals surface area contributed by atoms with Gasteiger partial charge < -0.3 is 0 Å². The smallest absolute Gasteiger partial charge is 0.158 e. The fraction of sp³-hybridized carbons (Fsp3) is 0.143. The second-order valence-electron chi connectivity index (χ2n) is 4.29. The van der Waals surface area contributed by atoms with Crippen molar-refractivity contribution in [3.8, 4) is 0 Å². The van der Waals surface area contributed by atoms with E-state index in [0.29, 0.717) is 16.1 Å². The summed E-state index contributed by atoms with van der Waals surface area (Å²) in [5, 5.41) is 0.499. The Labute approximate surface area is 116 Å². The van der Waals surface area contributed by atoms with Crippen molar-refractivity contribution in [1.82, 2.24) is 0 Å². The molecule has 0 spiro atoms. The zero-order valence-electron chi connectivity index (χ0n) is 10.0. The van der Waals surface area contributed by atoms with Crippen molar-refractivity contribution in [3.63, 3.8) is 0 Å². The number of benzene rings is 2. The fourth-order valence-corrected chi connectivity index (χ4v) is 3.50. The molecule has 100 valence electrons. The Bertz CT molecular complexity index is 630. The lowest BCUT2D eigenvalue weighted by atomic mass is 10.2. The maximum Gasteiger partial charge on any atom is 0.158 e. The van der Waals surface area contributed by atoms with Gasteiger partial charge in [0.15, 0.2) is 9.84 Å². The van der Waals surface area contributed by atoms with Gasteiger partial charge in [-0.2, -0.15) is 0 Å². The summed E-state index contributed by atoms with van der Waals surface area (Å²) >= 11 is 5.81. The molecule has 0 atom stereocenters. The van der Waals surface area contributed by atoms with Gasteiger partial charge in [0.1, 0.15) is 5.82 Å². The van der Waals surface area contributed by atoms with Crippen molar-refractivity contribution >= 4 is 21.4 Å². The second kappa shape index (κ2) is 5.72. The van der Waals surface area contributed by atoms with Crippen molar-refractivity contribution in [2.24, 2.45) is 0 Å². The maximum atomic E-state index is 13.0. The van der Waals surface area contributed by atoms with Gasteiger partial charge in [-0.3, -0.25) is 0 Å². The van der Waals surface area contributed by atoms with Gasteiger partial charge in [0.25, 0.3) is 0 Å². The zero-order valence-corrected chi connectivity index (χ0v) is 11.6. The van der Waals surface area contributed by atoms with E-state index in [1.165, 1.54) is 18.2 Å². The minimum Gasteiger partial charge on any atom is -0.228 e. The molecule has 0 heterocycles. The average molecular weight is 299 g/mol. The first-order chi connectivity index (χ1) is 8.94. The van der Waals surface area contributed by atoms with Gasteiger partial charge >= 0.3 is 0 Å². The molecule has 0 unspecified atom stereocenters. The molecule has 0 aliphatic carbocycles. The molecule has 0 N–H and O–H groups in total. The zero-order chi connectivity index (χ0) is 13.9. The molecule has 5 heteroatoms. The Kier molecular flexibility index (Phi) is 4.22. The van der Waals surface area contributed by atoms with Crippen molar-refractivity contribution in [1.29, 1.82) is 0 Å². The molecule has 0 radical (unpaired) electrons. The van der Waals surface area contributed by atoms with Crippen LogP contribution in [0.3, 0.4) is 0 Å². The van der Waals surface area contributed by atoms with Crippen LogP contribution in [-0.4, -0.2) is 8.42 Å². The summed E-state index contributed by atoms with van der Waals surface area (Å²) in [5.41, 5.74) is 1.07. The Hall–Kier alpha value is -1.39. The predicted octanol–water partition coefficient (Wildman–Crippen LogP) is 3.59. The predicted molar refractivity (Wildman–Crippen MR) is 74.2 cm³/mol. The first kappa shape index (κ1) is 14.0. The van der Waals surface area contributed by atoms with Crippen LogP contribution in [0.2, 0.25) is 5.02 Å². The SMILES string of the molecule is O=S(=O)(Cc1cccc(F)c1)Cc1cccc(Cl)c1. The first-order valence-corrected chi connectivity index (χ1v) is 7.84. The van der Waals surface area contributed by atoms with Crippen LogP contribution in [0.1, 0.15) is 11.1 Å². The van der Waals surface area contributed by atoms with E-state index < -0.39 is 15.7 Å². The molecule has 0 amide bonds. The third-order valence-corrected chi connectivity index (χ3v) is 4.33.